The number of hydrogen-bond donors (Lipinski definition) is 4. The maximum atomic E-state index is 11.1. The first-order valence-electron chi connectivity index (χ1n) is 8.23. The highest BCUT2D eigenvalue weighted by atomic mass is 16.6. The second-order valence-corrected chi connectivity index (χ2v) is 7.17. The highest BCUT2D eigenvalue weighted by Crippen LogP contribution is 2.40. The fourth-order valence-corrected chi connectivity index (χ4v) is 3.00. The van der Waals surface area contributed by atoms with Crippen LogP contribution in [0.15, 0.2) is 12.5 Å². The topological polar surface area (TPSA) is 144 Å². The molecular formula is C17H22N5O5+. The summed E-state index contributed by atoms with van der Waals surface area (Å²) in [6.07, 6.45) is 0.218. The Balaban J connectivity index is 2.19. The summed E-state index contributed by atoms with van der Waals surface area (Å²) in [6.45, 7) is 0.952. The van der Waals surface area contributed by atoms with Crippen molar-refractivity contribution >= 4 is 23.3 Å². The zero-order valence-corrected chi connectivity index (χ0v) is 15.2. The lowest BCUT2D eigenvalue weighted by atomic mass is 9.96. The van der Waals surface area contributed by atoms with Crippen LogP contribution in [-0.2, 0) is 9.53 Å². The van der Waals surface area contributed by atoms with Crippen LogP contribution in [0.1, 0.15) is 18.7 Å². The van der Waals surface area contributed by atoms with Gasteiger partial charge in [0.15, 0.2) is 6.23 Å². The number of rotatable bonds is 3. The first-order valence-corrected chi connectivity index (χ1v) is 8.23. The predicted octanol–water partition coefficient (Wildman–Crippen LogP) is -1.44. The normalized spacial score (nSPS) is 28.1. The zero-order valence-electron chi connectivity index (χ0n) is 15.2. The summed E-state index contributed by atoms with van der Waals surface area (Å²) < 4.78 is 6.96. The molecule has 2 aromatic rings. The van der Waals surface area contributed by atoms with Gasteiger partial charge < -0.3 is 30.4 Å². The second-order valence-electron chi connectivity index (χ2n) is 7.17. The minimum atomic E-state index is -1.69. The molecule has 27 heavy (non-hydrogen) atoms. The molecule has 5 N–H and O–H groups in total. The first-order chi connectivity index (χ1) is 12.6. The molecule has 1 aliphatic rings. The lowest BCUT2D eigenvalue weighted by molar-refractivity contribution is -0.731. The van der Waals surface area contributed by atoms with E-state index in [0.717, 1.165) is 0 Å². The van der Waals surface area contributed by atoms with Gasteiger partial charge in [-0.2, -0.15) is 4.48 Å². The molecule has 1 fully saturated rings. The van der Waals surface area contributed by atoms with Crippen LogP contribution in [0.25, 0.3) is 11.0 Å². The van der Waals surface area contributed by atoms with Crippen LogP contribution >= 0.6 is 0 Å². The maximum Gasteiger partial charge on any atom is 0.314 e. The van der Waals surface area contributed by atoms with E-state index in [1.165, 1.54) is 17.8 Å². The van der Waals surface area contributed by atoms with Gasteiger partial charge in [-0.1, -0.05) is 0 Å². The Kier molecular flexibility index (Phi) is 4.67. The Morgan fingerprint density at radius 3 is 2.78 bits per heavy atom. The molecule has 1 aliphatic heterocycles. The Hall–Kier alpha value is -2.55. The van der Waals surface area contributed by atoms with E-state index in [4.69, 9.17) is 10.5 Å². The number of nitrogens with two attached hydrogens (primary N) is 1. The molecule has 0 bridgehead atoms. The van der Waals surface area contributed by atoms with Crippen LogP contribution < -0.4 is 5.73 Å². The third kappa shape index (κ3) is 3.16. The Labute approximate surface area is 155 Å². The van der Waals surface area contributed by atoms with Gasteiger partial charge >= 0.3 is 6.41 Å². The lowest BCUT2D eigenvalue weighted by Gasteiger charge is -2.27. The summed E-state index contributed by atoms with van der Waals surface area (Å²) in [5, 5.41) is 30.8. The number of hydrogen-bond acceptors (Lipinski definition) is 8. The molecule has 10 nitrogen and oxygen atoms in total. The molecule has 1 amide bonds. The molecule has 0 spiro atoms. The number of nitrogens with zero attached hydrogens (tertiary/aromatic N) is 4. The molecule has 0 aromatic carbocycles. The van der Waals surface area contributed by atoms with Gasteiger partial charge in [0.05, 0.1) is 31.7 Å². The van der Waals surface area contributed by atoms with Crippen molar-refractivity contribution in [2.45, 2.75) is 31.0 Å². The van der Waals surface area contributed by atoms with Crippen LogP contribution in [0.2, 0.25) is 0 Å². The molecule has 0 aliphatic carbocycles. The number of anilines is 1. The van der Waals surface area contributed by atoms with Gasteiger partial charge in [-0.05, 0) is 6.92 Å². The highest BCUT2D eigenvalue weighted by Gasteiger charge is 2.53. The van der Waals surface area contributed by atoms with Gasteiger partial charge in [0.2, 0.25) is 0 Å². The number of aliphatic hydroxyl groups excluding tert-OH is 2. The average molecular weight is 376 g/mol. The predicted molar refractivity (Wildman–Crippen MR) is 94.6 cm³/mol. The van der Waals surface area contributed by atoms with Crippen molar-refractivity contribution in [3.8, 4) is 12.0 Å². The van der Waals surface area contributed by atoms with Crippen molar-refractivity contribution in [3.63, 3.8) is 0 Å². The molecule has 0 radical (unpaired) electrons. The number of carbonyl (C=O) groups is 1. The highest BCUT2D eigenvalue weighted by molar-refractivity contribution is 5.92. The van der Waals surface area contributed by atoms with Crippen LogP contribution in [0, 0.1) is 12.0 Å². The standard InChI is InChI=1S/C17H22N5O5/c1-17(26)13(25)11(7-23)27-16(17)21-6-10(4-5-22(2,3)9-24)12-14(18)19-8-20-15(12)21/h6,8-9,11,13,16,23,25-26H,7H2,1-3H3,(H2,18,19,20)/q+1/t11-,13-,16-,17-/m1/s1. The maximum absolute atomic E-state index is 11.1. The van der Waals surface area contributed by atoms with E-state index < -0.39 is 30.6 Å². The SMILES string of the molecule is C[C@@]1(O)[C@H](O)[C@@H](CO)O[C@H]1n1cc(C#C[N+](C)(C)C=O)c2c(N)ncnc21. The van der Waals surface area contributed by atoms with Crippen LogP contribution in [-0.4, -0.2) is 79.3 Å². The molecule has 0 unspecified atom stereocenters. The minimum Gasteiger partial charge on any atom is -0.394 e. The molecule has 3 rings (SSSR count). The number of aromatic nitrogens is 3. The minimum absolute atomic E-state index is 0.177. The summed E-state index contributed by atoms with van der Waals surface area (Å²) in [5.74, 6) is 3.07. The fourth-order valence-electron chi connectivity index (χ4n) is 3.00. The molecule has 10 heteroatoms. The summed E-state index contributed by atoms with van der Waals surface area (Å²) in [4.78, 5) is 19.3. The molecule has 0 saturated carbocycles. The molecule has 144 valence electrons. The van der Waals surface area contributed by atoms with Gasteiger partial charge in [-0.25, -0.2) is 14.8 Å². The van der Waals surface area contributed by atoms with Crippen molar-refractivity contribution in [1.29, 1.82) is 0 Å². The number of amides is 1. The van der Waals surface area contributed by atoms with Crippen LogP contribution in [0.3, 0.4) is 0 Å². The number of quaternary nitrogens is 1. The molecule has 1 saturated heterocycles. The fraction of sp³-hybridized carbons (Fsp3) is 0.471. The van der Waals surface area contributed by atoms with E-state index in [2.05, 4.69) is 21.9 Å². The summed E-state index contributed by atoms with van der Waals surface area (Å²) in [5.41, 5.74) is 5.09. The van der Waals surface area contributed by atoms with E-state index in [9.17, 15) is 20.1 Å². The van der Waals surface area contributed by atoms with Crippen LogP contribution in [0.5, 0.6) is 0 Å². The van der Waals surface area contributed by atoms with Crippen molar-refractivity contribution in [3.05, 3.63) is 18.1 Å². The van der Waals surface area contributed by atoms with Crippen molar-refractivity contribution in [2.75, 3.05) is 26.4 Å². The molecule has 3 heterocycles. The molecular weight excluding hydrogens is 354 g/mol. The molecule has 4 atom stereocenters. The number of carbonyl (C=O) groups excluding carboxylic acids is 1. The third-order valence-corrected chi connectivity index (χ3v) is 4.57. The zero-order chi connectivity index (χ0) is 20.0. The number of fused-ring (bicyclic) bond motifs is 1. The Bertz CT molecular complexity index is 942. The summed E-state index contributed by atoms with van der Waals surface area (Å²) in [7, 11) is 3.23. The second kappa shape index (κ2) is 6.56. The van der Waals surface area contributed by atoms with E-state index in [1.54, 1.807) is 20.3 Å². The largest absolute Gasteiger partial charge is 0.394 e. The van der Waals surface area contributed by atoms with E-state index in [1.807, 2.05) is 0 Å². The monoisotopic (exact) mass is 376 g/mol. The van der Waals surface area contributed by atoms with E-state index in [-0.39, 0.29) is 10.3 Å². The smallest absolute Gasteiger partial charge is 0.314 e. The Morgan fingerprint density at radius 1 is 1.48 bits per heavy atom. The van der Waals surface area contributed by atoms with Gasteiger partial charge in [0.1, 0.15) is 41.6 Å². The van der Waals surface area contributed by atoms with Gasteiger partial charge in [0, 0.05) is 12.1 Å². The summed E-state index contributed by atoms with van der Waals surface area (Å²) >= 11 is 0. The third-order valence-electron chi connectivity index (χ3n) is 4.57. The first kappa shape index (κ1) is 19.2. The quantitative estimate of drug-likeness (QED) is 0.290. The van der Waals surface area contributed by atoms with Gasteiger partial charge in [0.25, 0.3) is 0 Å². The van der Waals surface area contributed by atoms with Crippen molar-refractivity contribution in [1.82, 2.24) is 14.5 Å². The number of aliphatic hydroxyl groups is 3. The lowest BCUT2D eigenvalue weighted by Crippen LogP contribution is -2.44. The number of ether oxygens (including phenoxy) is 1. The van der Waals surface area contributed by atoms with E-state index >= 15 is 0 Å². The number of nitrogen functional groups attached to an aromatic ring is 1. The van der Waals surface area contributed by atoms with Crippen molar-refractivity contribution in [2.24, 2.45) is 0 Å². The van der Waals surface area contributed by atoms with Crippen molar-refractivity contribution < 1.29 is 29.3 Å². The molecule has 2 aromatic heterocycles. The van der Waals surface area contributed by atoms with Crippen LogP contribution in [0.4, 0.5) is 5.82 Å². The van der Waals surface area contributed by atoms with E-state index in [0.29, 0.717) is 23.0 Å². The summed E-state index contributed by atoms with van der Waals surface area (Å²) in [6, 6.07) is 2.80. The Morgan fingerprint density at radius 2 is 2.19 bits per heavy atom. The van der Waals surface area contributed by atoms with Gasteiger partial charge in [-0.15, -0.1) is 0 Å². The average Bonchev–Trinajstić information content (AvgIpc) is 3.10. The van der Waals surface area contributed by atoms with Gasteiger partial charge in [-0.3, -0.25) is 0 Å².